The summed E-state index contributed by atoms with van der Waals surface area (Å²) in [6, 6.07) is 11.2. The number of thioether (sulfide) groups is 1. The Morgan fingerprint density at radius 3 is 2.76 bits per heavy atom. The first-order valence-corrected chi connectivity index (χ1v) is 9.13. The van der Waals surface area contributed by atoms with Crippen LogP contribution in [-0.4, -0.2) is 33.4 Å². The highest BCUT2D eigenvalue weighted by Gasteiger charge is 2.41. The second-order valence-electron chi connectivity index (χ2n) is 5.86. The van der Waals surface area contributed by atoms with Gasteiger partial charge in [0.05, 0.1) is 16.8 Å². The number of imide groups is 1. The number of rotatable bonds is 5. The van der Waals surface area contributed by atoms with Crippen molar-refractivity contribution in [1.82, 2.24) is 0 Å². The maximum atomic E-state index is 13.5. The number of amides is 2. The van der Waals surface area contributed by atoms with E-state index in [1.807, 2.05) is 0 Å². The third-order valence-corrected chi connectivity index (χ3v) is 4.90. The Morgan fingerprint density at radius 1 is 1.28 bits per heavy atom. The van der Waals surface area contributed by atoms with Gasteiger partial charge in [-0.2, -0.15) is 5.10 Å². The van der Waals surface area contributed by atoms with Gasteiger partial charge in [0.1, 0.15) is 11.1 Å². The molecule has 3 rings (SSSR count). The monoisotopic (exact) mass is 415 g/mol. The molecule has 29 heavy (non-hydrogen) atoms. The number of carbonyl (C=O) groups is 2. The molecule has 1 aliphatic rings. The molecule has 1 atom stereocenters. The Labute approximate surface area is 168 Å². The first-order chi connectivity index (χ1) is 13.9. The molecular formula is C18H14FN5O4S. The van der Waals surface area contributed by atoms with E-state index in [0.29, 0.717) is 0 Å². The lowest BCUT2D eigenvalue weighted by atomic mass is 10.2. The lowest BCUT2D eigenvalue weighted by molar-refractivity contribution is -0.384. The van der Waals surface area contributed by atoms with Gasteiger partial charge in [-0.25, -0.2) is 9.29 Å². The first kappa shape index (κ1) is 20.1. The minimum Gasteiger partial charge on any atom is -0.377 e. The number of carbonyl (C=O) groups excluding carboxylic acids is 2. The van der Waals surface area contributed by atoms with Crippen molar-refractivity contribution >= 4 is 46.3 Å². The van der Waals surface area contributed by atoms with Gasteiger partial charge >= 0.3 is 0 Å². The van der Waals surface area contributed by atoms with E-state index in [2.05, 4.69) is 10.2 Å². The summed E-state index contributed by atoms with van der Waals surface area (Å²) in [5.41, 5.74) is 5.85. The van der Waals surface area contributed by atoms with Crippen LogP contribution in [0.1, 0.15) is 12.0 Å². The van der Waals surface area contributed by atoms with Crippen LogP contribution in [0, 0.1) is 15.9 Å². The normalized spacial score (nSPS) is 17.3. The van der Waals surface area contributed by atoms with Gasteiger partial charge in [-0.05, 0) is 12.1 Å². The Kier molecular flexibility index (Phi) is 5.98. The molecule has 9 nitrogen and oxygen atoms in total. The van der Waals surface area contributed by atoms with E-state index < -0.39 is 27.8 Å². The average Bonchev–Trinajstić information content (AvgIpc) is 2.96. The lowest BCUT2D eigenvalue weighted by Gasteiger charge is -2.14. The van der Waals surface area contributed by atoms with Crippen molar-refractivity contribution in [2.24, 2.45) is 15.9 Å². The van der Waals surface area contributed by atoms with Crippen LogP contribution >= 0.6 is 11.8 Å². The first-order valence-electron chi connectivity index (χ1n) is 8.25. The van der Waals surface area contributed by atoms with Gasteiger partial charge in [-0.15, -0.1) is 5.10 Å². The molecule has 1 fully saturated rings. The smallest absolute Gasteiger partial charge is 0.271 e. The summed E-state index contributed by atoms with van der Waals surface area (Å²) in [6.07, 6.45) is 1.04. The van der Waals surface area contributed by atoms with Crippen molar-refractivity contribution in [3.8, 4) is 0 Å². The summed E-state index contributed by atoms with van der Waals surface area (Å²) < 4.78 is 13.5. The van der Waals surface area contributed by atoms with Crippen molar-refractivity contribution in [2.75, 3.05) is 4.90 Å². The van der Waals surface area contributed by atoms with E-state index in [1.165, 1.54) is 42.6 Å². The van der Waals surface area contributed by atoms with Gasteiger partial charge < -0.3 is 5.73 Å². The molecule has 11 heteroatoms. The molecule has 2 aromatic carbocycles. The molecule has 0 radical (unpaired) electrons. The van der Waals surface area contributed by atoms with E-state index in [-0.39, 0.29) is 28.5 Å². The quantitative estimate of drug-likeness (QED) is 0.262. The van der Waals surface area contributed by atoms with Gasteiger partial charge in [-0.1, -0.05) is 36.0 Å². The van der Waals surface area contributed by atoms with Gasteiger partial charge in [0, 0.05) is 24.1 Å². The minimum atomic E-state index is -0.839. The van der Waals surface area contributed by atoms with E-state index in [1.54, 1.807) is 6.07 Å². The number of benzene rings is 2. The van der Waals surface area contributed by atoms with Crippen LogP contribution in [-0.2, 0) is 9.59 Å². The number of non-ortho nitro benzene ring substituents is 1. The third-order valence-electron chi connectivity index (χ3n) is 3.93. The molecule has 0 bridgehead atoms. The van der Waals surface area contributed by atoms with Gasteiger partial charge in [-0.3, -0.25) is 19.7 Å². The number of anilines is 1. The zero-order chi connectivity index (χ0) is 21.0. The van der Waals surface area contributed by atoms with E-state index >= 15 is 0 Å². The number of nitro benzene ring substituents is 1. The highest BCUT2D eigenvalue weighted by Crippen LogP contribution is 2.31. The minimum absolute atomic E-state index is 0.0790. The number of nitrogens with two attached hydrogens (primary N) is 1. The van der Waals surface area contributed by atoms with Crippen LogP contribution in [0.3, 0.4) is 0 Å². The maximum Gasteiger partial charge on any atom is 0.271 e. The number of nitro groups is 1. The Bertz CT molecular complexity index is 1040. The average molecular weight is 415 g/mol. The predicted molar refractivity (Wildman–Crippen MR) is 107 cm³/mol. The lowest BCUT2D eigenvalue weighted by Crippen LogP contribution is -2.31. The fourth-order valence-electron chi connectivity index (χ4n) is 2.61. The summed E-state index contributed by atoms with van der Waals surface area (Å²) in [6.45, 7) is 0. The van der Waals surface area contributed by atoms with Crippen LogP contribution in [0.4, 0.5) is 15.8 Å². The van der Waals surface area contributed by atoms with Crippen molar-refractivity contribution in [2.45, 2.75) is 11.7 Å². The standard InChI is InChI=1S/C18H14FN5O4S/c19-14-7-2-1-4-11(14)10-21-22-18(20)29-15-9-16(25)23(17(15)26)12-5-3-6-13(8-12)24(27)28/h1-8,10,15H,9H2,(H2,20,22). The molecule has 1 unspecified atom stereocenters. The molecule has 148 valence electrons. The summed E-state index contributed by atoms with van der Waals surface area (Å²) >= 11 is 0.842. The molecule has 0 saturated carbocycles. The number of amidine groups is 1. The second-order valence-corrected chi connectivity index (χ2v) is 7.08. The van der Waals surface area contributed by atoms with Crippen LogP contribution in [0.2, 0.25) is 0 Å². The fourth-order valence-corrected chi connectivity index (χ4v) is 3.43. The van der Waals surface area contributed by atoms with E-state index in [0.717, 1.165) is 22.7 Å². The summed E-state index contributed by atoms with van der Waals surface area (Å²) in [4.78, 5) is 36.0. The van der Waals surface area contributed by atoms with Crippen molar-refractivity contribution in [3.05, 3.63) is 70.0 Å². The molecule has 1 aliphatic heterocycles. The second kappa shape index (κ2) is 8.61. The van der Waals surface area contributed by atoms with Crippen LogP contribution < -0.4 is 10.6 Å². The molecular weight excluding hydrogens is 401 g/mol. The number of nitrogens with zero attached hydrogens (tertiary/aromatic N) is 4. The van der Waals surface area contributed by atoms with Crippen LogP contribution in [0.15, 0.2) is 58.7 Å². The Morgan fingerprint density at radius 2 is 2.03 bits per heavy atom. The topological polar surface area (TPSA) is 131 Å². The number of hydrogen-bond acceptors (Lipinski definition) is 7. The van der Waals surface area contributed by atoms with Crippen LogP contribution in [0.25, 0.3) is 0 Å². The molecule has 2 aromatic rings. The SMILES string of the molecule is NC(=NN=Cc1ccccc1F)SC1CC(=O)N(c2cccc([N+](=O)[O-])c2)C1=O. The predicted octanol–water partition coefficient (Wildman–Crippen LogP) is 2.45. The molecule has 1 saturated heterocycles. The molecule has 0 aliphatic carbocycles. The summed E-state index contributed by atoms with van der Waals surface area (Å²) in [5, 5.41) is 17.4. The molecule has 2 N–H and O–H groups in total. The molecule has 0 aromatic heterocycles. The molecule has 0 spiro atoms. The largest absolute Gasteiger partial charge is 0.377 e. The van der Waals surface area contributed by atoms with Crippen molar-refractivity contribution in [3.63, 3.8) is 0 Å². The molecule has 2 amide bonds. The summed E-state index contributed by atoms with van der Waals surface area (Å²) in [5.74, 6) is -1.53. The Balaban J connectivity index is 1.70. The zero-order valence-electron chi connectivity index (χ0n) is 14.8. The third kappa shape index (κ3) is 4.63. The van der Waals surface area contributed by atoms with E-state index in [4.69, 9.17) is 5.73 Å². The highest BCUT2D eigenvalue weighted by molar-refractivity contribution is 8.14. The fraction of sp³-hybridized carbons (Fsp3) is 0.111. The van der Waals surface area contributed by atoms with E-state index in [9.17, 15) is 24.1 Å². The maximum absolute atomic E-state index is 13.5. The van der Waals surface area contributed by atoms with Crippen LogP contribution in [0.5, 0.6) is 0 Å². The van der Waals surface area contributed by atoms with Crippen molar-refractivity contribution < 1.29 is 18.9 Å². The highest BCUT2D eigenvalue weighted by atomic mass is 32.2. The van der Waals surface area contributed by atoms with Crippen molar-refractivity contribution in [1.29, 1.82) is 0 Å². The number of hydrogen-bond donors (Lipinski definition) is 1. The zero-order valence-corrected chi connectivity index (χ0v) is 15.6. The molecule has 1 heterocycles. The summed E-state index contributed by atoms with van der Waals surface area (Å²) in [7, 11) is 0. The number of halogens is 1. The Hall–Kier alpha value is -3.60. The van der Waals surface area contributed by atoms with Gasteiger partial charge in [0.2, 0.25) is 11.8 Å². The van der Waals surface area contributed by atoms with Gasteiger partial charge in [0.15, 0.2) is 5.17 Å². The van der Waals surface area contributed by atoms with Gasteiger partial charge in [0.25, 0.3) is 5.69 Å².